The summed E-state index contributed by atoms with van der Waals surface area (Å²) in [6, 6.07) is 9.86. The van der Waals surface area contributed by atoms with E-state index in [4.69, 9.17) is 5.11 Å². The average Bonchev–Trinajstić information content (AvgIpc) is 2.93. The second kappa shape index (κ2) is 5.92. The van der Waals surface area contributed by atoms with Crippen molar-refractivity contribution >= 4 is 17.6 Å². The molecule has 1 aromatic heterocycles. The normalized spacial score (nSPS) is 10.1. The predicted molar refractivity (Wildman–Crippen MR) is 72.9 cm³/mol. The maximum absolute atomic E-state index is 11.3. The van der Waals surface area contributed by atoms with Crippen LogP contribution < -0.4 is 5.32 Å². The van der Waals surface area contributed by atoms with Gasteiger partial charge in [0.05, 0.1) is 19.2 Å². The number of aromatic carboxylic acids is 1. The molecule has 20 heavy (non-hydrogen) atoms. The molecule has 0 bridgehead atoms. The molecule has 0 saturated carbocycles. The van der Waals surface area contributed by atoms with Crippen LogP contribution in [0.1, 0.15) is 26.5 Å². The van der Waals surface area contributed by atoms with E-state index in [9.17, 15) is 9.59 Å². The first-order valence-electron chi connectivity index (χ1n) is 5.93. The lowest BCUT2D eigenvalue weighted by Gasteiger charge is -2.05. The van der Waals surface area contributed by atoms with Crippen LogP contribution in [0.2, 0.25) is 0 Å². The zero-order chi connectivity index (χ0) is 14.5. The number of carbonyl (C=O) groups is 2. The highest BCUT2D eigenvalue weighted by Crippen LogP contribution is 2.11. The van der Waals surface area contributed by atoms with Gasteiger partial charge in [-0.1, -0.05) is 0 Å². The number of anilines is 1. The smallest absolute Gasteiger partial charge is 0.354 e. The van der Waals surface area contributed by atoms with Gasteiger partial charge in [0.25, 0.3) is 0 Å². The van der Waals surface area contributed by atoms with Crippen molar-refractivity contribution in [1.29, 1.82) is 0 Å². The van der Waals surface area contributed by atoms with Crippen LogP contribution >= 0.6 is 0 Å². The molecular weight excluding hydrogens is 260 g/mol. The number of hydrogen-bond donors (Lipinski definition) is 3. The topological polar surface area (TPSA) is 91.4 Å². The van der Waals surface area contributed by atoms with Crippen molar-refractivity contribution in [2.24, 2.45) is 0 Å². The molecule has 1 aromatic carbocycles. The lowest BCUT2D eigenvalue weighted by molar-refractivity contribution is 0.0593. The minimum Gasteiger partial charge on any atom is -0.478 e. The summed E-state index contributed by atoms with van der Waals surface area (Å²) in [4.78, 5) is 24.9. The zero-order valence-corrected chi connectivity index (χ0v) is 10.8. The highest BCUT2D eigenvalue weighted by molar-refractivity contribution is 5.88. The number of methoxy groups -OCH3 is 1. The van der Waals surface area contributed by atoms with E-state index in [1.165, 1.54) is 19.2 Å². The highest BCUT2D eigenvalue weighted by atomic mass is 16.5. The lowest BCUT2D eigenvalue weighted by atomic mass is 10.2. The van der Waals surface area contributed by atoms with Crippen LogP contribution in [-0.4, -0.2) is 29.1 Å². The summed E-state index contributed by atoms with van der Waals surface area (Å²) in [6.07, 6.45) is 0. The van der Waals surface area contributed by atoms with E-state index in [0.29, 0.717) is 12.2 Å². The van der Waals surface area contributed by atoms with Gasteiger partial charge in [-0.15, -0.1) is 0 Å². The molecule has 0 spiro atoms. The average molecular weight is 274 g/mol. The van der Waals surface area contributed by atoms with E-state index in [-0.39, 0.29) is 5.56 Å². The van der Waals surface area contributed by atoms with Gasteiger partial charge in [-0.2, -0.15) is 0 Å². The summed E-state index contributed by atoms with van der Waals surface area (Å²) in [6.45, 7) is 0.489. The van der Waals surface area contributed by atoms with E-state index in [2.05, 4.69) is 15.0 Å². The quantitative estimate of drug-likeness (QED) is 0.726. The van der Waals surface area contributed by atoms with Gasteiger partial charge in [0.1, 0.15) is 5.69 Å². The van der Waals surface area contributed by atoms with Crippen LogP contribution in [0.15, 0.2) is 36.4 Å². The van der Waals surface area contributed by atoms with Crippen molar-refractivity contribution in [3.8, 4) is 0 Å². The number of aromatic amines is 1. The van der Waals surface area contributed by atoms with Gasteiger partial charge in [0, 0.05) is 11.4 Å². The Labute approximate surface area is 115 Å². The van der Waals surface area contributed by atoms with E-state index in [1.54, 1.807) is 24.3 Å². The van der Waals surface area contributed by atoms with E-state index < -0.39 is 11.9 Å². The summed E-state index contributed by atoms with van der Waals surface area (Å²) in [7, 11) is 1.32. The van der Waals surface area contributed by atoms with E-state index in [0.717, 1.165) is 11.4 Å². The van der Waals surface area contributed by atoms with E-state index >= 15 is 0 Å². The first-order chi connectivity index (χ1) is 9.60. The Bertz CT molecular complexity index is 616. The Morgan fingerprint density at radius 1 is 1.20 bits per heavy atom. The minimum atomic E-state index is -0.955. The molecule has 6 nitrogen and oxygen atoms in total. The summed E-state index contributed by atoms with van der Waals surface area (Å²) in [5.74, 6) is -1.37. The van der Waals surface area contributed by atoms with Gasteiger partial charge < -0.3 is 20.1 Å². The monoisotopic (exact) mass is 274 g/mol. The third-order valence-corrected chi connectivity index (χ3v) is 2.77. The Hall–Kier alpha value is -2.76. The fourth-order valence-corrected chi connectivity index (χ4v) is 1.70. The lowest BCUT2D eigenvalue weighted by Crippen LogP contribution is -2.04. The third kappa shape index (κ3) is 3.17. The van der Waals surface area contributed by atoms with Crippen molar-refractivity contribution in [3.63, 3.8) is 0 Å². The molecule has 0 amide bonds. The molecule has 3 N–H and O–H groups in total. The summed E-state index contributed by atoms with van der Waals surface area (Å²) in [5, 5.41) is 11.9. The number of ether oxygens (including phenoxy) is 1. The van der Waals surface area contributed by atoms with Crippen LogP contribution in [0.5, 0.6) is 0 Å². The highest BCUT2D eigenvalue weighted by Gasteiger charge is 2.07. The van der Waals surface area contributed by atoms with Gasteiger partial charge in [-0.05, 0) is 36.4 Å². The molecule has 2 aromatic rings. The molecule has 2 rings (SSSR count). The predicted octanol–water partition coefficient (Wildman–Crippen LogP) is 2.11. The third-order valence-electron chi connectivity index (χ3n) is 2.77. The van der Waals surface area contributed by atoms with Gasteiger partial charge in [-0.25, -0.2) is 9.59 Å². The van der Waals surface area contributed by atoms with Crippen LogP contribution in [0.3, 0.4) is 0 Å². The number of esters is 1. The van der Waals surface area contributed by atoms with Gasteiger partial charge in [0.2, 0.25) is 0 Å². The Morgan fingerprint density at radius 2 is 1.90 bits per heavy atom. The maximum atomic E-state index is 11.3. The summed E-state index contributed by atoms with van der Waals surface area (Å²) < 4.78 is 4.60. The van der Waals surface area contributed by atoms with Crippen LogP contribution in [0.4, 0.5) is 5.69 Å². The number of carboxylic acids is 1. The standard InChI is InChI=1S/C14H14N2O4/c1-20-14(19)12-7-6-11(16-12)8-15-10-4-2-9(3-5-10)13(17)18/h2-7,15-16H,8H2,1H3,(H,17,18). The molecule has 104 valence electrons. The zero-order valence-electron chi connectivity index (χ0n) is 10.8. The Balaban J connectivity index is 1.96. The maximum Gasteiger partial charge on any atom is 0.354 e. The Kier molecular flexibility index (Phi) is 4.05. The van der Waals surface area contributed by atoms with Crippen molar-refractivity contribution in [2.75, 3.05) is 12.4 Å². The molecule has 6 heteroatoms. The molecule has 0 saturated heterocycles. The number of benzene rings is 1. The first kappa shape index (κ1) is 13.7. The molecule has 0 aliphatic carbocycles. The molecule has 1 heterocycles. The second-order valence-electron chi connectivity index (χ2n) is 4.12. The number of rotatable bonds is 5. The number of aromatic nitrogens is 1. The number of hydrogen-bond acceptors (Lipinski definition) is 4. The van der Waals surface area contributed by atoms with Crippen molar-refractivity contribution < 1.29 is 19.4 Å². The van der Waals surface area contributed by atoms with Crippen LogP contribution in [0.25, 0.3) is 0 Å². The van der Waals surface area contributed by atoms with Crippen molar-refractivity contribution in [3.05, 3.63) is 53.3 Å². The number of H-pyrrole nitrogens is 1. The summed E-state index contributed by atoms with van der Waals surface area (Å²) in [5.41, 5.74) is 2.26. The summed E-state index contributed by atoms with van der Waals surface area (Å²) >= 11 is 0. The van der Waals surface area contributed by atoms with Crippen molar-refractivity contribution in [1.82, 2.24) is 4.98 Å². The van der Waals surface area contributed by atoms with E-state index in [1.807, 2.05) is 0 Å². The van der Waals surface area contributed by atoms with Crippen LogP contribution in [-0.2, 0) is 11.3 Å². The molecule has 0 fully saturated rings. The van der Waals surface area contributed by atoms with Crippen molar-refractivity contribution in [2.45, 2.75) is 6.54 Å². The van der Waals surface area contributed by atoms with Gasteiger partial charge >= 0.3 is 11.9 Å². The largest absolute Gasteiger partial charge is 0.478 e. The number of carbonyl (C=O) groups excluding carboxylic acids is 1. The number of carboxylic acid groups (broad SMARTS) is 1. The first-order valence-corrected chi connectivity index (χ1v) is 5.93. The fraction of sp³-hybridized carbons (Fsp3) is 0.143. The molecule has 0 radical (unpaired) electrons. The molecule has 0 aliphatic rings. The molecule has 0 unspecified atom stereocenters. The van der Waals surface area contributed by atoms with Gasteiger partial charge in [0.15, 0.2) is 0 Å². The fourth-order valence-electron chi connectivity index (χ4n) is 1.70. The molecular formula is C14H14N2O4. The second-order valence-corrected chi connectivity index (χ2v) is 4.12. The molecule has 0 atom stereocenters. The van der Waals surface area contributed by atoms with Crippen LogP contribution in [0, 0.1) is 0 Å². The SMILES string of the molecule is COC(=O)c1ccc(CNc2ccc(C(=O)O)cc2)[nH]1. The Morgan fingerprint density at radius 3 is 2.50 bits per heavy atom. The minimum absolute atomic E-state index is 0.239. The molecule has 0 aliphatic heterocycles. The van der Waals surface area contributed by atoms with Gasteiger partial charge in [-0.3, -0.25) is 0 Å². The number of nitrogens with one attached hydrogen (secondary N) is 2.